The average Bonchev–Trinajstić information content (AvgIpc) is 2.38. The van der Waals surface area contributed by atoms with Crippen LogP contribution in [0.4, 0.5) is 0 Å². The van der Waals surface area contributed by atoms with Gasteiger partial charge < -0.3 is 15.7 Å². The van der Waals surface area contributed by atoms with Crippen LogP contribution in [-0.4, -0.2) is 42.2 Å². The van der Waals surface area contributed by atoms with Gasteiger partial charge in [0.25, 0.3) is 0 Å². The maximum atomic E-state index is 12.3. The molecule has 2 unspecified atom stereocenters. The Morgan fingerprint density at radius 2 is 2.21 bits per heavy atom. The highest BCUT2D eigenvalue weighted by Crippen LogP contribution is 2.22. The molecule has 4 heteroatoms. The summed E-state index contributed by atoms with van der Waals surface area (Å²) in [6, 6.07) is 0. The van der Waals surface area contributed by atoms with Crippen molar-refractivity contribution in [1.82, 2.24) is 4.90 Å². The summed E-state index contributed by atoms with van der Waals surface area (Å²) in [6.07, 6.45) is 4.62. The zero-order valence-corrected chi connectivity index (χ0v) is 12.5. The lowest BCUT2D eigenvalue weighted by Crippen LogP contribution is -2.41. The zero-order valence-electron chi connectivity index (χ0n) is 12.5. The molecule has 4 nitrogen and oxygen atoms in total. The van der Waals surface area contributed by atoms with Gasteiger partial charge in [-0.15, -0.1) is 0 Å². The van der Waals surface area contributed by atoms with Crippen molar-refractivity contribution in [3.05, 3.63) is 0 Å². The molecule has 0 spiro atoms. The summed E-state index contributed by atoms with van der Waals surface area (Å²) in [4.78, 5) is 14.3. The summed E-state index contributed by atoms with van der Waals surface area (Å²) in [5, 5.41) is 9.01. The molecule has 1 fully saturated rings. The molecule has 19 heavy (non-hydrogen) atoms. The number of likely N-dealkylation sites (tertiary alicyclic amines) is 1. The van der Waals surface area contributed by atoms with E-state index in [-0.39, 0.29) is 12.5 Å². The Morgan fingerprint density at radius 1 is 1.47 bits per heavy atom. The lowest BCUT2D eigenvalue weighted by atomic mass is 9.91. The Labute approximate surface area is 117 Å². The van der Waals surface area contributed by atoms with Crippen molar-refractivity contribution in [2.75, 3.05) is 26.2 Å². The standard InChI is InChI=1S/C15H30N2O2/c1-12(2)8-14(10-16)9-15(19)17-6-3-4-13(11-17)5-7-18/h12-14,18H,3-11,16H2,1-2H3. The average molecular weight is 270 g/mol. The third kappa shape index (κ3) is 5.91. The number of hydrogen-bond acceptors (Lipinski definition) is 3. The molecule has 0 bridgehead atoms. The first-order valence-electron chi connectivity index (χ1n) is 7.65. The molecule has 0 aromatic carbocycles. The van der Waals surface area contributed by atoms with Gasteiger partial charge in [0.1, 0.15) is 0 Å². The number of nitrogens with two attached hydrogens (primary N) is 1. The van der Waals surface area contributed by atoms with Gasteiger partial charge in [-0.3, -0.25) is 4.79 Å². The van der Waals surface area contributed by atoms with Crippen LogP contribution in [0.3, 0.4) is 0 Å². The zero-order chi connectivity index (χ0) is 14.3. The molecule has 1 rings (SSSR count). The molecule has 0 aromatic heterocycles. The van der Waals surface area contributed by atoms with Crippen molar-refractivity contribution < 1.29 is 9.90 Å². The molecule has 0 aromatic rings. The van der Waals surface area contributed by atoms with Crippen LogP contribution in [0.25, 0.3) is 0 Å². The first-order chi connectivity index (χ1) is 9.06. The predicted octanol–water partition coefficient (Wildman–Crippen LogP) is 1.62. The molecule has 1 saturated heterocycles. The van der Waals surface area contributed by atoms with E-state index >= 15 is 0 Å². The van der Waals surface area contributed by atoms with Gasteiger partial charge >= 0.3 is 0 Å². The van der Waals surface area contributed by atoms with Crippen LogP contribution in [0.5, 0.6) is 0 Å². The smallest absolute Gasteiger partial charge is 0.222 e. The fourth-order valence-corrected chi connectivity index (χ4v) is 3.02. The van der Waals surface area contributed by atoms with Gasteiger partial charge in [-0.05, 0) is 50.0 Å². The Morgan fingerprint density at radius 3 is 2.79 bits per heavy atom. The van der Waals surface area contributed by atoms with E-state index in [1.807, 2.05) is 4.90 Å². The minimum absolute atomic E-state index is 0.228. The van der Waals surface area contributed by atoms with E-state index in [1.54, 1.807) is 0 Å². The molecular formula is C15H30N2O2. The first-order valence-corrected chi connectivity index (χ1v) is 7.65. The second-order valence-corrected chi connectivity index (χ2v) is 6.30. The molecule has 1 aliphatic rings. The van der Waals surface area contributed by atoms with Crippen LogP contribution in [0, 0.1) is 17.8 Å². The quantitative estimate of drug-likeness (QED) is 0.739. The summed E-state index contributed by atoms with van der Waals surface area (Å²) < 4.78 is 0. The molecule has 1 amide bonds. The Hall–Kier alpha value is -0.610. The minimum atomic E-state index is 0.228. The fourth-order valence-electron chi connectivity index (χ4n) is 3.02. The van der Waals surface area contributed by atoms with Crippen molar-refractivity contribution in [3.8, 4) is 0 Å². The Kier molecular flexibility index (Phi) is 7.39. The van der Waals surface area contributed by atoms with Gasteiger partial charge in [-0.1, -0.05) is 13.8 Å². The van der Waals surface area contributed by atoms with Crippen LogP contribution < -0.4 is 5.73 Å². The second kappa shape index (κ2) is 8.54. The van der Waals surface area contributed by atoms with E-state index in [2.05, 4.69) is 13.8 Å². The number of carbonyl (C=O) groups is 1. The van der Waals surface area contributed by atoms with Crippen LogP contribution in [-0.2, 0) is 4.79 Å². The number of carbonyl (C=O) groups excluding carboxylic acids is 1. The summed E-state index contributed by atoms with van der Waals surface area (Å²) in [7, 11) is 0. The molecule has 0 saturated carbocycles. The topological polar surface area (TPSA) is 66.6 Å². The number of rotatable bonds is 7. The van der Waals surface area contributed by atoms with Crippen molar-refractivity contribution in [2.24, 2.45) is 23.5 Å². The summed E-state index contributed by atoms with van der Waals surface area (Å²) >= 11 is 0. The van der Waals surface area contributed by atoms with Crippen LogP contribution in [0.15, 0.2) is 0 Å². The van der Waals surface area contributed by atoms with E-state index in [9.17, 15) is 4.79 Å². The first kappa shape index (κ1) is 16.4. The molecule has 112 valence electrons. The predicted molar refractivity (Wildman–Crippen MR) is 77.6 cm³/mol. The molecule has 3 N–H and O–H groups in total. The summed E-state index contributed by atoms with van der Waals surface area (Å²) in [5.41, 5.74) is 5.77. The fraction of sp³-hybridized carbons (Fsp3) is 0.933. The summed E-state index contributed by atoms with van der Waals surface area (Å²) in [6.45, 7) is 6.86. The highest BCUT2D eigenvalue weighted by Gasteiger charge is 2.25. The van der Waals surface area contributed by atoms with Crippen molar-refractivity contribution in [3.63, 3.8) is 0 Å². The molecular weight excluding hydrogens is 240 g/mol. The van der Waals surface area contributed by atoms with Gasteiger partial charge in [0.05, 0.1) is 0 Å². The van der Waals surface area contributed by atoms with Crippen LogP contribution in [0.1, 0.15) is 46.0 Å². The van der Waals surface area contributed by atoms with Crippen LogP contribution in [0.2, 0.25) is 0 Å². The lowest BCUT2D eigenvalue weighted by molar-refractivity contribution is -0.134. The lowest BCUT2D eigenvalue weighted by Gasteiger charge is -2.33. The maximum Gasteiger partial charge on any atom is 0.222 e. The van der Waals surface area contributed by atoms with Gasteiger partial charge in [0, 0.05) is 26.1 Å². The van der Waals surface area contributed by atoms with Gasteiger partial charge in [-0.2, -0.15) is 0 Å². The minimum Gasteiger partial charge on any atom is -0.396 e. The van der Waals surface area contributed by atoms with E-state index in [0.29, 0.717) is 30.7 Å². The number of aliphatic hydroxyl groups is 1. The number of piperidine rings is 1. The molecule has 0 radical (unpaired) electrons. The van der Waals surface area contributed by atoms with Crippen molar-refractivity contribution >= 4 is 5.91 Å². The van der Waals surface area contributed by atoms with Crippen molar-refractivity contribution in [1.29, 1.82) is 0 Å². The second-order valence-electron chi connectivity index (χ2n) is 6.30. The van der Waals surface area contributed by atoms with E-state index in [0.717, 1.165) is 38.8 Å². The largest absolute Gasteiger partial charge is 0.396 e. The number of amides is 1. The van der Waals surface area contributed by atoms with E-state index in [4.69, 9.17) is 10.8 Å². The maximum absolute atomic E-state index is 12.3. The SMILES string of the molecule is CC(C)CC(CN)CC(=O)N1CCCC(CCO)C1. The highest BCUT2D eigenvalue weighted by atomic mass is 16.3. The number of aliphatic hydroxyl groups excluding tert-OH is 1. The molecule has 2 atom stereocenters. The number of nitrogens with zero attached hydrogens (tertiary/aromatic N) is 1. The van der Waals surface area contributed by atoms with Gasteiger partial charge in [0.2, 0.25) is 5.91 Å². The monoisotopic (exact) mass is 270 g/mol. The van der Waals surface area contributed by atoms with Gasteiger partial charge in [-0.25, -0.2) is 0 Å². The molecule has 1 heterocycles. The third-order valence-electron chi connectivity index (χ3n) is 4.01. The van der Waals surface area contributed by atoms with E-state index in [1.165, 1.54) is 0 Å². The van der Waals surface area contributed by atoms with E-state index < -0.39 is 0 Å². The highest BCUT2D eigenvalue weighted by molar-refractivity contribution is 5.76. The Balaban J connectivity index is 2.42. The molecule has 0 aliphatic carbocycles. The number of hydrogen-bond donors (Lipinski definition) is 2. The van der Waals surface area contributed by atoms with Gasteiger partial charge in [0.15, 0.2) is 0 Å². The normalized spacial score (nSPS) is 21.7. The van der Waals surface area contributed by atoms with Crippen LogP contribution >= 0.6 is 0 Å². The van der Waals surface area contributed by atoms with Crippen molar-refractivity contribution in [2.45, 2.75) is 46.0 Å². The Bertz CT molecular complexity index is 267. The third-order valence-corrected chi connectivity index (χ3v) is 4.01. The summed E-state index contributed by atoms with van der Waals surface area (Å²) in [5.74, 6) is 1.62. The molecule has 1 aliphatic heterocycles.